The molecule has 1 aliphatic rings. The Kier molecular flexibility index (Phi) is 5.96. The van der Waals surface area contributed by atoms with Gasteiger partial charge in [0.05, 0.1) is 18.7 Å². The average Bonchev–Trinajstić information content (AvgIpc) is 3.03. The molecule has 1 aromatic carbocycles. The number of fused-ring (bicyclic) bond motifs is 1. The predicted molar refractivity (Wildman–Crippen MR) is 106 cm³/mol. The second kappa shape index (κ2) is 8.59. The summed E-state index contributed by atoms with van der Waals surface area (Å²) >= 11 is 1.25. The number of anilines is 1. The smallest absolute Gasteiger partial charge is 0.407 e. The van der Waals surface area contributed by atoms with Gasteiger partial charge >= 0.3 is 6.09 Å². The summed E-state index contributed by atoms with van der Waals surface area (Å²) < 4.78 is 5.53. The number of nitrogens with zero attached hydrogens (tertiary/aromatic N) is 2. The molecule has 3 rings (SSSR count). The zero-order valence-electron chi connectivity index (χ0n) is 15.3. The van der Waals surface area contributed by atoms with Gasteiger partial charge in [-0.25, -0.2) is 4.79 Å². The molecule has 1 aliphatic heterocycles. The van der Waals surface area contributed by atoms with Crippen LogP contribution < -0.4 is 10.1 Å². The van der Waals surface area contributed by atoms with Crippen molar-refractivity contribution in [2.75, 3.05) is 18.5 Å². The van der Waals surface area contributed by atoms with E-state index in [-0.39, 0.29) is 12.5 Å². The van der Waals surface area contributed by atoms with Crippen molar-refractivity contribution in [3.8, 4) is 11.8 Å². The van der Waals surface area contributed by atoms with Crippen LogP contribution in [0.4, 0.5) is 9.80 Å². The SMILES string of the molecule is CCOc1ccccc1C=CC(=O)Nc1sc2c(c1C#N)CCN(C(=O)O)C2. The van der Waals surface area contributed by atoms with Crippen molar-refractivity contribution in [2.45, 2.75) is 19.9 Å². The van der Waals surface area contributed by atoms with Gasteiger partial charge in [0.1, 0.15) is 16.8 Å². The number of rotatable bonds is 5. The van der Waals surface area contributed by atoms with Crippen LogP contribution in [0.25, 0.3) is 6.08 Å². The molecular weight excluding hydrogens is 378 g/mol. The topological polar surface area (TPSA) is 103 Å². The van der Waals surface area contributed by atoms with E-state index in [1.165, 1.54) is 22.3 Å². The van der Waals surface area contributed by atoms with Crippen molar-refractivity contribution in [1.29, 1.82) is 5.26 Å². The van der Waals surface area contributed by atoms with Crippen molar-refractivity contribution in [3.05, 3.63) is 51.9 Å². The molecule has 0 saturated heterocycles. The normalized spacial score (nSPS) is 13.1. The van der Waals surface area contributed by atoms with E-state index in [9.17, 15) is 14.9 Å². The minimum absolute atomic E-state index is 0.234. The molecule has 0 saturated carbocycles. The van der Waals surface area contributed by atoms with Gasteiger partial charge in [0.25, 0.3) is 0 Å². The van der Waals surface area contributed by atoms with E-state index in [1.54, 1.807) is 6.08 Å². The van der Waals surface area contributed by atoms with Crippen LogP contribution in [0.15, 0.2) is 30.3 Å². The van der Waals surface area contributed by atoms with E-state index >= 15 is 0 Å². The molecule has 2 aromatic rings. The van der Waals surface area contributed by atoms with E-state index in [0.717, 1.165) is 16.0 Å². The summed E-state index contributed by atoms with van der Waals surface area (Å²) in [5.74, 6) is 0.323. The Morgan fingerprint density at radius 1 is 1.43 bits per heavy atom. The molecule has 2 N–H and O–H groups in total. The van der Waals surface area contributed by atoms with E-state index < -0.39 is 6.09 Å². The van der Waals surface area contributed by atoms with E-state index in [2.05, 4.69) is 11.4 Å². The number of ether oxygens (including phenoxy) is 1. The molecule has 0 spiro atoms. The van der Waals surface area contributed by atoms with Gasteiger partial charge in [0.15, 0.2) is 0 Å². The summed E-state index contributed by atoms with van der Waals surface area (Å²) in [6.07, 6.45) is 2.53. The molecule has 28 heavy (non-hydrogen) atoms. The first-order chi connectivity index (χ1) is 13.5. The molecule has 7 nitrogen and oxygen atoms in total. The molecule has 1 aromatic heterocycles. The molecule has 2 amide bonds. The summed E-state index contributed by atoms with van der Waals surface area (Å²) in [4.78, 5) is 25.6. The Labute approximate surface area is 166 Å². The van der Waals surface area contributed by atoms with E-state index in [0.29, 0.717) is 35.9 Å². The summed E-state index contributed by atoms with van der Waals surface area (Å²) in [6, 6.07) is 9.53. The third-order valence-electron chi connectivity index (χ3n) is 4.31. The lowest BCUT2D eigenvalue weighted by molar-refractivity contribution is -0.111. The lowest BCUT2D eigenvalue weighted by Gasteiger charge is -2.23. The Hall–Kier alpha value is -3.31. The van der Waals surface area contributed by atoms with Gasteiger partial charge in [0.2, 0.25) is 5.91 Å². The highest BCUT2D eigenvalue weighted by Gasteiger charge is 2.27. The van der Waals surface area contributed by atoms with Crippen LogP contribution in [0, 0.1) is 11.3 Å². The highest BCUT2D eigenvalue weighted by molar-refractivity contribution is 7.16. The van der Waals surface area contributed by atoms with Crippen LogP contribution in [-0.2, 0) is 17.8 Å². The fraction of sp³-hybridized carbons (Fsp3) is 0.250. The highest BCUT2D eigenvalue weighted by Crippen LogP contribution is 2.36. The second-order valence-corrected chi connectivity index (χ2v) is 7.17. The highest BCUT2D eigenvalue weighted by atomic mass is 32.1. The lowest BCUT2D eigenvalue weighted by Crippen LogP contribution is -2.34. The minimum atomic E-state index is -0.987. The van der Waals surface area contributed by atoms with Crippen LogP contribution in [0.5, 0.6) is 5.75 Å². The molecule has 0 atom stereocenters. The summed E-state index contributed by atoms with van der Waals surface area (Å²) in [7, 11) is 0. The zero-order valence-corrected chi connectivity index (χ0v) is 16.1. The number of benzene rings is 1. The van der Waals surface area contributed by atoms with Gasteiger partial charge in [0, 0.05) is 23.1 Å². The first-order valence-corrected chi connectivity index (χ1v) is 9.58. The quantitative estimate of drug-likeness (QED) is 0.749. The van der Waals surface area contributed by atoms with Crippen LogP contribution in [-0.4, -0.2) is 35.2 Å². The Balaban J connectivity index is 1.76. The first-order valence-electron chi connectivity index (χ1n) is 8.76. The Morgan fingerprint density at radius 3 is 2.93 bits per heavy atom. The van der Waals surface area contributed by atoms with Crippen molar-refractivity contribution >= 4 is 34.4 Å². The number of hydrogen-bond acceptors (Lipinski definition) is 5. The third kappa shape index (κ3) is 4.15. The fourth-order valence-electron chi connectivity index (χ4n) is 3.00. The van der Waals surface area contributed by atoms with Crippen LogP contribution in [0.2, 0.25) is 0 Å². The number of carboxylic acid groups (broad SMARTS) is 1. The van der Waals surface area contributed by atoms with Crippen molar-refractivity contribution in [2.24, 2.45) is 0 Å². The molecule has 144 valence electrons. The fourth-order valence-corrected chi connectivity index (χ4v) is 4.21. The van der Waals surface area contributed by atoms with Crippen molar-refractivity contribution in [1.82, 2.24) is 4.90 Å². The maximum Gasteiger partial charge on any atom is 0.407 e. The van der Waals surface area contributed by atoms with E-state index in [4.69, 9.17) is 9.84 Å². The minimum Gasteiger partial charge on any atom is -0.493 e. The van der Waals surface area contributed by atoms with Gasteiger partial charge in [-0.05, 0) is 31.1 Å². The van der Waals surface area contributed by atoms with Crippen molar-refractivity contribution in [3.63, 3.8) is 0 Å². The third-order valence-corrected chi connectivity index (χ3v) is 5.44. The summed E-state index contributed by atoms with van der Waals surface area (Å²) in [6.45, 7) is 2.99. The molecule has 2 heterocycles. The number of nitrogens with one attached hydrogen (secondary N) is 1. The number of para-hydroxylation sites is 1. The van der Waals surface area contributed by atoms with Gasteiger partial charge in [-0.15, -0.1) is 11.3 Å². The van der Waals surface area contributed by atoms with Crippen LogP contribution in [0.3, 0.4) is 0 Å². The lowest BCUT2D eigenvalue weighted by atomic mass is 10.0. The molecular formula is C20H19N3O4S. The molecule has 0 bridgehead atoms. The molecule has 8 heteroatoms. The average molecular weight is 397 g/mol. The molecule has 0 unspecified atom stereocenters. The maximum absolute atomic E-state index is 12.4. The number of thiophene rings is 1. The number of carbonyl (C=O) groups excluding carboxylic acids is 1. The van der Waals surface area contributed by atoms with Gasteiger partial charge in [-0.2, -0.15) is 5.26 Å². The molecule has 0 aliphatic carbocycles. The summed E-state index contributed by atoms with van der Waals surface area (Å²) in [5, 5.41) is 21.9. The van der Waals surface area contributed by atoms with Crippen molar-refractivity contribution < 1.29 is 19.4 Å². The largest absolute Gasteiger partial charge is 0.493 e. The number of carbonyl (C=O) groups is 2. The Morgan fingerprint density at radius 2 is 2.21 bits per heavy atom. The van der Waals surface area contributed by atoms with Gasteiger partial charge < -0.3 is 20.1 Å². The second-order valence-electron chi connectivity index (χ2n) is 6.07. The Bertz CT molecular complexity index is 974. The predicted octanol–water partition coefficient (Wildman–Crippen LogP) is 3.71. The monoisotopic (exact) mass is 397 g/mol. The number of amides is 2. The zero-order chi connectivity index (χ0) is 20.1. The maximum atomic E-state index is 12.4. The van der Waals surface area contributed by atoms with E-state index in [1.807, 2.05) is 31.2 Å². The number of nitriles is 1. The van der Waals surface area contributed by atoms with Crippen LogP contribution >= 0.6 is 11.3 Å². The van der Waals surface area contributed by atoms with Gasteiger partial charge in [-0.1, -0.05) is 18.2 Å². The van der Waals surface area contributed by atoms with Gasteiger partial charge in [-0.3, -0.25) is 4.79 Å². The molecule has 0 fully saturated rings. The van der Waals surface area contributed by atoms with Crippen LogP contribution in [0.1, 0.15) is 28.5 Å². The summed E-state index contributed by atoms with van der Waals surface area (Å²) in [5.41, 5.74) is 2.02. The standard InChI is InChI=1S/C20H19N3O4S/c1-2-27-16-6-4-3-5-13(16)7-8-18(24)22-19-15(11-21)14-9-10-23(20(25)26)12-17(14)28-19/h3-8H,2,9-10,12H2,1H3,(H,22,24)(H,25,26). The molecule has 0 radical (unpaired) electrons. The first kappa shape index (κ1) is 19.5. The number of hydrogen-bond donors (Lipinski definition) is 2.